The molecule has 1 saturated heterocycles. The molecule has 1 fully saturated rings. The van der Waals surface area contributed by atoms with Crippen LogP contribution in [-0.2, 0) is 5.92 Å². The van der Waals surface area contributed by atoms with Crippen molar-refractivity contribution in [3.05, 3.63) is 78.1 Å². The van der Waals surface area contributed by atoms with Crippen molar-refractivity contribution in [2.45, 2.75) is 23.0 Å². The van der Waals surface area contributed by atoms with Gasteiger partial charge in [-0.3, -0.25) is 0 Å². The first-order valence-electron chi connectivity index (χ1n) is 11.8. The number of halogens is 4. The average molecular weight is 685 g/mol. The molecule has 3 nitrogen and oxygen atoms in total. The first-order chi connectivity index (χ1) is 18.2. The van der Waals surface area contributed by atoms with Crippen LogP contribution < -0.4 is 14.7 Å². The Hall–Kier alpha value is -1.78. The Balaban J connectivity index is 1.67. The van der Waals surface area contributed by atoms with E-state index in [9.17, 15) is 13.2 Å². The van der Waals surface area contributed by atoms with Gasteiger partial charge in [0.05, 0.1) is 4.88 Å². The van der Waals surface area contributed by atoms with Gasteiger partial charge in [-0.15, -0.1) is 23.1 Å². The van der Waals surface area contributed by atoms with Gasteiger partial charge in [0.15, 0.2) is 5.75 Å². The Labute approximate surface area is 243 Å². The van der Waals surface area contributed by atoms with Crippen molar-refractivity contribution < 1.29 is 17.9 Å². The molecule has 0 saturated carbocycles. The number of fused-ring (bicyclic) bond motifs is 1. The van der Waals surface area contributed by atoms with Gasteiger partial charge in [0, 0.05) is 76.0 Å². The molecule has 1 aromatic heterocycles. The number of thiophene rings is 1. The second-order valence-corrected chi connectivity index (χ2v) is 13.7. The lowest BCUT2D eigenvalue weighted by atomic mass is 9.99. The van der Waals surface area contributed by atoms with Gasteiger partial charge < -0.3 is 14.7 Å². The van der Waals surface area contributed by atoms with Crippen LogP contribution in [0.2, 0.25) is 0 Å². The van der Waals surface area contributed by atoms with Crippen molar-refractivity contribution in [1.82, 2.24) is 5.32 Å². The summed E-state index contributed by atoms with van der Waals surface area (Å²) in [7, 11) is 2.00. The van der Waals surface area contributed by atoms with Crippen molar-refractivity contribution in [3.8, 4) is 21.9 Å². The lowest BCUT2D eigenvalue weighted by molar-refractivity contribution is 0.0178. The maximum Gasteiger partial charge on any atom is 0.271 e. The molecule has 1 N–H and O–H groups in total. The molecule has 38 heavy (non-hydrogen) atoms. The lowest BCUT2D eigenvalue weighted by Gasteiger charge is -2.26. The Kier molecular flexibility index (Phi) is 8.31. The molecule has 4 aromatic rings. The molecule has 1 unspecified atom stereocenters. The molecule has 0 spiro atoms. The number of benzene rings is 3. The Morgan fingerprint density at radius 1 is 1.18 bits per heavy atom. The van der Waals surface area contributed by atoms with Crippen LogP contribution in [0.5, 0.6) is 11.5 Å². The van der Waals surface area contributed by atoms with Gasteiger partial charge in [-0.25, -0.2) is 13.2 Å². The van der Waals surface area contributed by atoms with E-state index in [2.05, 4.69) is 38.6 Å². The van der Waals surface area contributed by atoms with Crippen molar-refractivity contribution in [1.29, 1.82) is 0 Å². The van der Waals surface area contributed by atoms with E-state index in [4.69, 9.17) is 4.74 Å². The number of ether oxygens (including phenoxy) is 1. The molecule has 198 valence electrons. The van der Waals surface area contributed by atoms with Crippen LogP contribution in [0.25, 0.3) is 26.6 Å². The molecule has 2 heterocycles. The van der Waals surface area contributed by atoms with Crippen molar-refractivity contribution >= 4 is 73.4 Å². The van der Waals surface area contributed by atoms with E-state index in [1.54, 1.807) is 6.08 Å². The van der Waals surface area contributed by atoms with E-state index in [0.29, 0.717) is 28.0 Å². The molecule has 0 bridgehead atoms. The minimum absolute atomic E-state index is 0.250. The first kappa shape index (κ1) is 27.8. The van der Waals surface area contributed by atoms with Gasteiger partial charge in [0.2, 0.25) is 0 Å². The Morgan fingerprint density at radius 3 is 2.53 bits per heavy atom. The SMILES string of the molecule is C=Cc1c(N(C)PI)ccc2c(Oc3ccc(SC4CNC4)cc3)c(-c3ccc(F)cc3C(C)(F)F)sc12. The first-order valence-corrected chi connectivity index (χ1v) is 17.6. The third-order valence-corrected chi connectivity index (χ3v) is 11.4. The van der Waals surface area contributed by atoms with Gasteiger partial charge in [0.25, 0.3) is 5.92 Å². The fourth-order valence-corrected chi connectivity index (χ4v) is 7.73. The highest BCUT2D eigenvalue weighted by molar-refractivity contribution is 14.2. The molecule has 10 heteroatoms. The maximum atomic E-state index is 14.7. The highest BCUT2D eigenvalue weighted by atomic mass is 127. The zero-order valence-corrected chi connectivity index (χ0v) is 25.4. The molecule has 1 aliphatic heterocycles. The van der Waals surface area contributed by atoms with Crippen LogP contribution in [0.4, 0.5) is 18.9 Å². The van der Waals surface area contributed by atoms with Gasteiger partial charge in [0.1, 0.15) is 11.6 Å². The van der Waals surface area contributed by atoms with Crippen molar-refractivity contribution in [2.75, 3.05) is 24.8 Å². The normalized spacial score (nSPS) is 14.3. The number of rotatable bonds is 9. The molecule has 0 radical (unpaired) electrons. The fraction of sp³-hybridized carbons (Fsp3) is 0.214. The van der Waals surface area contributed by atoms with Gasteiger partial charge in [-0.1, -0.05) is 18.7 Å². The predicted molar refractivity (Wildman–Crippen MR) is 167 cm³/mol. The number of alkyl halides is 2. The highest BCUT2D eigenvalue weighted by Crippen LogP contribution is 2.52. The van der Waals surface area contributed by atoms with Crippen LogP contribution in [-0.4, -0.2) is 25.4 Å². The summed E-state index contributed by atoms with van der Waals surface area (Å²) in [5, 5.41) is 4.63. The van der Waals surface area contributed by atoms with Gasteiger partial charge in [-0.2, -0.15) is 0 Å². The second-order valence-electron chi connectivity index (χ2n) is 9.03. The zero-order valence-electron chi connectivity index (χ0n) is 20.7. The van der Waals surface area contributed by atoms with Gasteiger partial charge in [-0.05, 0) is 70.6 Å². The van der Waals surface area contributed by atoms with E-state index in [0.717, 1.165) is 52.3 Å². The molecular weight excluding hydrogens is 659 g/mol. The summed E-state index contributed by atoms with van der Waals surface area (Å²) in [6.07, 6.45) is 2.29. The molecule has 5 rings (SSSR count). The summed E-state index contributed by atoms with van der Waals surface area (Å²) in [4.78, 5) is 1.67. The third-order valence-electron chi connectivity index (χ3n) is 6.31. The fourth-order valence-electron chi connectivity index (χ4n) is 4.28. The molecule has 1 atom stereocenters. The predicted octanol–water partition coefficient (Wildman–Crippen LogP) is 9.70. The summed E-state index contributed by atoms with van der Waals surface area (Å²) in [6.45, 7) is 6.81. The summed E-state index contributed by atoms with van der Waals surface area (Å²) in [5.74, 6) is -2.87. The smallest absolute Gasteiger partial charge is 0.271 e. The van der Waals surface area contributed by atoms with E-state index in [1.807, 2.05) is 55.2 Å². The molecule has 0 aliphatic carbocycles. The van der Waals surface area contributed by atoms with Crippen LogP contribution in [0.15, 0.2) is 66.1 Å². The number of hydrogen-bond donors (Lipinski definition) is 1. The number of hydrogen-bond acceptors (Lipinski definition) is 5. The summed E-state index contributed by atoms with van der Waals surface area (Å²) < 4.78 is 53.0. The average Bonchev–Trinajstić information content (AvgIpc) is 3.23. The number of anilines is 1. The van der Waals surface area contributed by atoms with E-state index >= 15 is 0 Å². The standard InChI is InChI=1S/C28H25F3IN2OPS2/c1-4-20-24(34(3)36-32)12-11-22-25(35-17-6-8-18(9-7-17)37-19-14-33-15-19)27(38-26(20)22)21-10-5-16(29)13-23(21)28(2,30)31/h4-13,19,33,36H,1,14-15H2,2-3H3. The summed E-state index contributed by atoms with van der Waals surface area (Å²) in [6, 6.07) is 15.3. The highest BCUT2D eigenvalue weighted by Gasteiger charge is 2.31. The number of nitrogens with one attached hydrogen (secondary N) is 1. The number of thioether (sulfide) groups is 1. The minimum Gasteiger partial charge on any atom is -0.455 e. The molecular formula is C28H25F3IN2OPS2. The molecule has 3 aromatic carbocycles. The topological polar surface area (TPSA) is 24.5 Å². The van der Waals surface area contributed by atoms with E-state index < -0.39 is 11.7 Å². The van der Waals surface area contributed by atoms with Crippen LogP contribution in [0.3, 0.4) is 0 Å². The van der Waals surface area contributed by atoms with E-state index in [1.165, 1.54) is 23.5 Å². The Morgan fingerprint density at radius 2 is 1.92 bits per heavy atom. The van der Waals surface area contributed by atoms with Crippen molar-refractivity contribution in [2.24, 2.45) is 0 Å². The lowest BCUT2D eigenvalue weighted by Crippen LogP contribution is -2.44. The van der Waals surface area contributed by atoms with Crippen molar-refractivity contribution in [3.63, 3.8) is 0 Å². The van der Waals surface area contributed by atoms with Crippen LogP contribution in [0.1, 0.15) is 18.1 Å². The minimum atomic E-state index is -3.24. The molecule has 0 amide bonds. The maximum absolute atomic E-state index is 14.7. The number of nitrogens with zero attached hydrogens (tertiary/aromatic N) is 1. The van der Waals surface area contributed by atoms with Crippen LogP contribution >= 0.6 is 51.5 Å². The summed E-state index contributed by atoms with van der Waals surface area (Å²) >= 11 is 5.49. The van der Waals surface area contributed by atoms with Crippen LogP contribution in [0, 0.1) is 5.82 Å². The van der Waals surface area contributed by atoms with Gasteiger partial charge >= 0.3 is 0 Å². The zero-order chi connectivity index (χ0) is 27.0. The molecule has 1 aliphatic rings. The second kappa shape index (κ2) is 11.4. The summed E-state index contributed by atoms with van der Waals surface area (Å²) in [5.41, 5.74) is 1.77. The largest absolute Gasteiger partial charge is 0.455 e. The van der Waals surface area contributed by atoms with E-state index in [-0.39, 0.29) is 11.1 Å². The monoisotopic (exact) mass is 684 g/mol. The third kappa shape index (κ3) is 5.59. The quantitative estimate of drug-likeness (QED) is 0.140. The Bertz CT molecular complexity index is 1490.